The van der Waals surface area contributed by atoms with E-state index in [2.05, 4.69) is 46.9 Å². The molecule has 1 aromatic rings. The van der Waals surface area contributed by atoms with Crippen LogP contribution in [0.5, 0.6) is 0 Å². The van der Waals surface area contributed by atoms with Gasteiger partial charge < -0.3 is 15.2 Å². The van der Waals surface area contributed by atoms with Gasteiger partial charge >= 0.3 is 0 Å². The van der Waals surface area contributed by atoms with Crippen molar-refractivity contribution in [2.75, 3.05) is 25.0 Å². The summed E-state index contributed by atoms with van der Waals surface area (Å²) in [5, 5.41) is 16.0. The average molecular weight is 456 g/mol. The van der Waals surface area contributed by atoms with Gasteiger partial charge in [0, 0.05) is 23.7 Å². The molecule has 1 saturated carbocycles. The molecule has 0 radical (unpaired) electrons. The van der Waals surface area contributed by atoms with Gasteiger partial charge in [0.15, 0.2) is 0 Å². The van der Waals surface area contributed by atoms with E-state index in [0.29, 0.717) is 23.3 Å². The molecule has 1 unspecified atom stereocenters. The maximum atomic E-state index is 13.0. The van der Waals surface area contributed by atoms with Crippen molar-refractivity contribution in [3.05, 3.63) is 16.8 Å². The van der Waals surface area contributed by atoms with Crippen LogP contribution in [0, 0.1) is 37.0 Å². The standard InChI is InChI=1S/C26H41N5O2/c1-17(2)19(4)28-26(33)21-11-13-30(14-12-21)16-24(32)29-25-23(15-27)18(3)20(5)31(25)22-9-7-6-8-10-22/h17,19,21-22H,6-14,16H2,1-5H3,(H,28,33)(H,29,32). The highest BCUT2D eigenvalue weighted by Gasteiger charge is 2.29. The Morgan fingerprint density at radius 1 is 1.06 bits per heavy atom. The van der Waals surface area contributed by atoms with Gasteiger partial charge in [-0.2, -0.15) is 5.26 Å². The van der Waals surface area contributed by atoms with Gasteiger partial charge in [-0.25, -0.2) is 0 Å². The van der Waals surface area contributed by atoms with E-state index in [-0.39, 0.29) is 30.3 Å². The number of hydrogen-bond acceptors (Lipinski definition) is 4. The molecular weight excluding hydrogens is 414 g/mol. The molecule has 2 fully saturated rings. The summed E-state index contributed by atoms with van der Waals surface area (Å²) in [5.41, 5.74) is 2.62. The first-order chi connectivity index (χ1) is 15.7. The number of amides is 2. The number of nitrogens with one attached hydrogen (secondary N) is 2. The summed E-state index contributed by atoms with van der Waals surface area (Å²) in [6, 6.07) is 2.84. The van der Waals surface area contributed by atoms with Gasteiger partial charge in [-0.1, -0.05) is 33.1 Å². The third kappa shape index (κ3) is 5.97. The lowest BCUT2D eigenvalue weighted by molar-refractivity contribution is -0.127. The zero-order valence-corrected chi connectivity index (χ0v) is 21.0. The predicted molar refractivity (Wildman–Crippen MR) is 131 cm³/mol. The van der Waals surface area contributed by atoms with E-state index in [0.717, 1.165) is 50.0 Å². The minimum absolute atomic E-state index is 0.0181. The Kier molecular flexibility index (Phi) is 8.58. The number of rotatable bonds is 7. The Balaban J connectivity index is 1.60. The Morgan fingerprint density at radius 2 is 1.70 bits per heavy atom. The van der Waals surface area contributed by atoms with Gasteiger partial charge in [-0.15, -0.1) is 0 Å². The number of piperidine rings is 1. The van der Waals surface area contributed by atoms with E-state index >= 15 is 0 Å². The number of anilines is 1. The molecule has 0 aromatic carbocycles. The summed E-state index contributed by atoms with van der Waals surface area (Å²) in [7, 11) is 0. The van der Waals surface area contributed by atoms with Gasteiger partial charge in [-0.05, 0) is 71.0 Å². The number of nitriles is 1. The quantitative estimate of drug-likeness (QED) is 0.642. The fourth-order valence-electron chi connectivity index (χ4n) is 5.12. The highest BCUT2D eigenvalue weighted by atomic mass is 16.2. The molecular formula is C26H41N5O2. The lowest BCUT2D eigenvalue weighted by Gasteiger charge is -2.32. The van der Waals surface area contributed by atoms with Crippen molar-refractivity contribution in [1.29, 1.82) is 5.26 Å². The van der Waals surface area contributed by atoms with E-state index in [1.165, 1.54) is 19.3 Å². The number of nitrogens with zero attached hydrogens (tertiary/aromatic N) is 3. The minimum Gasteiger partial charge on any atom is -0.353 e. The zero-order chi connectivity index (χ0) is 24.1. The van der Waals surface area contributed by atoms with Crippen LogP contribution in [0.15, 0.2) is 0 Å². The first kappa shape index (κ1) is 25.3. The van der Waals surface area contributed by atoms with Crippen LogP contribution < -0.4 is 10.6 Å². The van der Waals surface area contributed by atoms with Crippen molar-refractivity contribution in [2.24, 2.45) is 11.8 Å². The van der Waals surface area contributed by atoms with Gasteiger partial charge in [-0.3, -0.25) is 14.5 Å². The molecule has 7 nitrogen and oxygen atoms in total. The average Bonchev–Trinajstić information content (AvgIpc) is 3.03. The van der Waals surface area contributed by atoms with Crippen molar-refractivity contribution < 1.29 is 9.59 Å². The second-order valence-electron chi connectivity index (χ2n) is 10.3. The van der Waals surface area contributed by atoms with Crippen molar-refractivity contribution >= 4 is 17.6 Å². The molecule has 33 heavy (non-hydrogen) atoms. The number of carbonyl (C=O) groups excluding carboxylic acids is 2. The van der Waals surface area contributed by atoms with Gasteiger partial charge in [0.05, 0.1) is 12.1 Å². The Labute approximate surface area is 198 Å². The van der Waals surface area contributed by atoms with E-state index in [9.17, 15) is 14.9 Å². The normalized spacial score (nSPS) is 19.3. The first-order valence-electron chi connectivity index (χ1n) is 12.7. The van der Waals surface area contributed by atoms with Crippen LogP contribution in [-0.2, 0) is 9.59 Å². The molecule has 1 aliphatic carbocycles. The maximum Gasteiger partial charge on any atom is 0.239 e. The molecule has 1 atom stereocenters. The summed E-state index contributed by atoms with van der Waals surface area (Å²) < 4.78 is 2.21. The van der Waals surface area contributed by atoms with E-state index in [1.807, 2.05) is 13.8 Å². The van der Waals surface area contributed by atoms with Gasteiger partial charge in [0.2, 0.25) is 11.8 Å². The van der Waals surface area contributed by atoms with Crippen LogP contribution in [0.3, 0.4) is 0 Å². The van der Waals surface area contributed by atoms with Crippen molar-refractivity contribution in [1.82, 2.24) is 14.8 Å². The minimum atomic E-state index is -0.0857. The largest absolute Gasteiger partial charge is 0.353 e. The molecule has 182 valence electrons. The van der Waals surface area contributed by atoms with Crippen molar-refractivity contribution in [3.8, 4) is 6.07 Å². The first-order valence-corrected chi connectivity index (χ1v) is 12.7. The molecule has 2 aliphatic rings. The Morgan fingerprint density at radius 3 is 2.27 bits per heavy atom. The van der Waals surface area contributed by atoms with Crippen LogP contribution >= 0.6 is 0 Å². The second kappa shape index (κ2) is 11.2. The molecule has 0 spiro atoms. The van der Waals surface area contributed by atoms with Gasteiger partial charge in [0.25, 0.3) is 0 Å². The topological polar surface area (TPSA) is 90.2 Å². The highest BCUT2D eigenvalue weighted by Crippen LogP contribution is 2.36. The molecule has 7 heteroatoms. The number of aromatic nitrogens is 1. The number of hydrogen-bond donors (Lipinski definition) is 2. The maximum absolute atomic E-state index is 13.0. The van der Waals surface area contributed by atoms with Crippen molar-refractivity contribution in [2.45, 2.75) is 91.6 Å². The molecule has 1 aromatic heterocycles. The molecule has 2 amide bonds. The fraction of sp³-hybridized carbons (Fsp3) is 0.731. The van der Waals surface area contributed by atoms with Crippen LogP contribution in [-0.4, -0.2) is 47.0 Å². The van der Waals surface area contributed by atoms with Crippen LogP contribution in [0.2, 0.25) is 0 Å². The monoisotopic (exact) mass is 455 g/mol. The number of carbonyl (C=O) groups is 2. The molecule has 2 N–H and O–H groups in total. The van der Waals surface area contributed by atoms with Crippen LogP contribution in [0.25, 0.3) is 0 Å². The summed E-state index contributed by atoms with van der Waals surface area (Å²) >= 11 is 0. The van der Waals surface area contributed by atoms with Crippen LogP contribution in [0.4, 0.5) is 5.82 Å². The summed E-state index contributed by atoms with van der Waals surface area (Å²) in [6.07, 6.45) is 7.35. The third-order valence-corrected chi connectivity index (χ3v) is 7.76. The molecule has 3 rings (SSSR count). The van der Waals surface area contributed by atoms with E-state index in [1.54, 1.807) is 0 Å². The van der Waals surface area contributed by atoms with E-state index in [4.69, 9.17) is 0 Å². The lowest BCUT2D eigenvalue weighted by Crippen LogP contribution is -2.45. The summed E-state index contributed by atoms with van der Waals surface area (Å²) in [4.78, 5) is 27.6. The molecule has 2 heterocycles. The zero-order valence-electron chi connectivity index (χ0n) is 21.0. The molecule has 1 aliphatic heterocycles. The smallest absolute Gasteiger partial charge is 0.239 e. The Hall–Kier alpha value is -2.33. The highest BCUT2D eigenvalue weighted by molar-refractivity contribution is 5.93. The second-order valence-corrected chi connectivity index (χ2v) is 10.3. The Bertz CT molecular complexity index is 883. The van der Waals surface area contributed by atoms with E-state index < -0.39 is 0 Å². The molecule has 0 bridgehead atoms. The lowest BCUT2D eigenvalue weighted by atomic mass is 9.95. The van der Waals surface area contributed by atoms with Crippen LogP contribution in [0.1, 0.15) is 88.6 Å². The van der Waals surface area contributed by atoms with Gasteiger partial charge in [0.1, 0.15) is 11.9 Å². The fourth-order valence-corrected chi connectivity index (χ4v) is 5.12. The molecule has 1 saturated heterocycles. The predicted octanol–water partition coefficient (Wildman–Crippen LogP) is 4.29. The third-order valence-electron chi connectivity index (χ3n) is 7.76. The number of likely N-dealkylation sites (tertiary alicyclic amines) is 1. The SMILES string of the molecule is Cc1c(C#N)c(NC(=O)CN2CCC(C(=O)NC(C)C(C)C)CC2)n(C2CCCCC2)c1C. The van der Waals surface area contributed by atoms with Crippen molar-refractivity contribution in [3.63, 3.8) is 0 Å². The summed E-state index contributed by atoms with van der Waals surface area (Å²) in [6.45, 7) is 12.0. The summed E-state index contributed by atoms with van der Waals surface area (Å²) in [5.74, 6) is 1.15.